The van der Waals surface area contributed by atoms with E-state index >= 15 is 8.78 Å². The van der Waals surface area contributed by atoms with Gasteiger partial charge in [-0.05, 0) is 68.0 Å². The molecular weight excluding hydrogens is 576 g/mol. The predicted molar refractivity (Wildman–Crippen MR) is 142 cm³/mol. The second-order valence-corrected chi connectivity index (χ2v) is 15.2. The van der Waals surface area contributed by atoms with E-state index in [1.807, 2.05) is 0 Å². The molecule has 0 radical (unpaired) electrons. The normalized spacial score (nSPS) is 49.4. The highest BCUT2D eigenvalue weighted by Crippen LogP contribution is 2.72. The number of aliphatic hydroxyl groups is 1. The molecule has 0 heterocycles. The number of ether oxygens (including phenoxy) is 1. The van der Waals surface area contributed by atoms with Crippen LogP contribution in [0.15, 0.2) is 23.8 Å². The van der Waals surface area contributed by atoms with Crippen LogP contribution in [0, 0.1) is 34.0 Å². The summed E-state index contributed by atoms with van der Waals surface area (Å²) in [4.78, 5) is 39.1. The number of hydrogen-bond acceptors (Lipinski definition) is 6. The minimum Gasteiger partial charge on any atom is -0.449 e. The Morgan fingerprint density at radius 2 is 1.85 bits per heavy atom. The summed E-state index contributed by atoms with van der Waals surface area (Å²) >= 11 is 12.8. The number of esters is 1. The lowest BCUT2D eigenvalue weighted by atomic mass is 9.44. The van der Waals surface area contributed by atoms with Gasteiger partial charge in [0.1, 0.15) is 16.5 Å². The molecule has 5 aliphatic rings. The molecule has 0 saturated heterocycles. The number of halogens is 5. The fourth-order valence-corrected chi connectivity index (χ4v) is 10.1. The lowest BCUT2D eigenvalue weighted by Gasteiger charge is -2.63. The summed E-state index contributed by atoms with van der Waals surface area (Å²) in [6, 6.07) is -1.06. The van der Waals surface area contributed by atoms with Crippen LogP contribution in [0.25, 0.3) is 0 Å². The van der Waals surface area contributed by atoms with Gasteiger partial charge >= 0.3 is 5.97 Å². The fourth-order valence-electron chi connectivity index (χ4n) is 8.55. The first-order valence-electron chi connectivity index (χ1n) is 13.2. The molecule has 10 atom stereocenters. The third-order valence-corrected chi connectivity index (χ3v) is 12.7. The van der Waals surface area contributed by atoms with Gasteiger partial charge in [0.05, 0.1) is 12.5 Å². The number of aliphatic hydroxyl groups excluding tert-OH is 1. The van der Waals surface area contributed by atoms with Crippen molar-refractivity contribution in [3.63, 3.8) is 0 Å². The summed E-state index contributed by atoms with van der Waals surface area (Å²) in [5.74, 6) is -3.61. The van der Waals surface area contributed by atoms with Crippen LogP contribution in [0.5, 0.6) is 0 Å². The van der Waals surface area contributed by atoms with E-state index in [0.717, 1.165) is 6.08 Å². The highest BCUT2D eigenvalue weighted by atomic mass is 35.5. The Balaban J connectivity index is 1.58. The molecule has 11 heteroatoms. The van der Waals surface area contributed by atoms with Crippen LogP contribution in [-0.4, -0.2) is 55.9 Å². The molecule has 39 heavy (non-hydrogen) atoms. The van der Waals surface area contributed by atoms with Gasteiger partial charge in [0.2, 0.25) is 5.12 Å². The molecule has 0 amide bonds. The van der Waals surface area contributed by atoms with Crippen molar-refractivity contribution in [2.24, 2.45) is 34.0 Å². The highest BCUT2D eigenvalue weighted by Gasteiger charge is 2.78. The Morgan fingerprint density at radius 1 is 1.21 bits per heavy atom. The Labute approximate surface area is 240 Å². The van der Waals surface area contributed by atoms with Crippen molar-refractivity contribution in [1.29, 1.82) is 0 Å². The lowest BCUT2D eigenvalue weighted by Crippen LogP contribution is -2.70. The summed E-state index contributed by atoms with van der Waals surface area (Å²) in [6.45, 7) is 6.56. The van der Waals surface area contributed by atoms with E-state index in [4.69, 9.17) is 27.9 Å². The number of alkyl halides is 5. The smallest absolute Gasteiger partial charge is 0.307 e. The maximum atomic E-state index is 17.4. The molecule has 0 bridgehead atoms. The largest absolute Gasteiger partial charge is 0.449 e. The zero-order valence-corrected chi connectivity index (χ0v) is 24.6. The van der Waals surface area contributed by atoms with E-state index in [-0.39, 0.29) is 31.3 Å². The first-order chi connectivity index (χ1) is 17.9. The van der Waals surface area contributed by atoms with E-state index in [1.165, 1.54) is 19.1 Å². The SMILES string of the molecule is C[C@@H]1C[C@H]2[C@@H]3C[C@H](F)C4=CC(=O)C=C[C@]4(C)[C@@]3(F)[C@@H](O)C[C@]2(C)[C@@]1(OC(=O)CC1(C)CC1(Cl)Cl)C(=O)SCF. The van der Waals surface area contributed by atoms with Crippen LogP contribution < -0.4 is 0 Å². The molecule has 1 unspecified atom stereocenters. The second-order valence-electron chi connectivity index (χ2n) is 12.9. The number of rotatable bonds is 5. The summed E-state index contributed by atoms with van der Waals surface area (Å²) in [7, 11) is 0. The van der Waals surface area contributed by atoms with Crippen molar-refractivity contribution in [3.8, 4) is 0 Å². The lowest BCUT2D eigenvalue weighted by molar-refractivity contribution is -0.229. The summed E-state index contributed by atoms with van der Waals surface area (Å²) in [5, 5.41) is 10.8. The van der Waals surface area contributed by atoms with Gasteiger partial charge in [-0.25, -0.2) is 13.2 Å². The number of ketones is 1. The Hall–Kier alpha value is -1.03. The summed E-state index contributed by atoms with van der Waals surface area (Å²) in [5.41, 5.74) is -7.92. The highest BCUT2D eigenvalue weighted by molar-refractivity contribution is 8.13. The molecule has 1 N–H and O–H groups in total. The molecule has 4 saturated carbocycles. The number of hydrogen-bond donors (Lipinski definition) is 1. The Bertz CT molecular complexity index is 1200. The van der Waals surface area contributed by atoms with Gasteiger partial charge in [-0.2, -0.15) is 0 Å². The molecule has 5 nitrogen and oxygen atoms in total. The second kappa shape index (κ2) is 8.98. The van der Waals surface area contributed by atoms with Crippen molar-refractivity contribution < 1.29 is 37.4 Å². The van der Waals surface area contributed by atoms with E-state index < -0.39 is 84.8 Å². The van der Waals surface area contributed by atoms with Gasteiger partial charge in [-0.3, -0.25) is 14.4 Å². The quantitative estimate of drug-likeness (QED) is 0.305. The number of carbonyl (C=O) groups is 3. The fraction of sp³-hybridized carbons (Fsp3) is 0.750. The minimum atomic E-state index is -2.35. The van der Waals surface area contributed by atoms with Crippen molar-refractivity contribution >= 4 is 51.8 Å². The zero-order valence-electron chi connectivity index (χ0n) is 22.2. The molecular formula is C28H33Cl2F3O5S. The molecule has 5 aliphatic carbocycles. The molecule has 216 valence electrons. The van der Waals surface area contributed by atoms with Crippen LogP contribution in [0.2, 0.25) is 0 Å². The third-order valence-electron chi connectivity index (χ3n) is 10.8. The monoisotopic (exact) mass is 608 g/mol. The average molecular weight is 610 g/mol. The van der Waals surface area contributed by atoms with Crippen molar-refractivity contribution in [1.82, 2.24) is 0 Å². The zero-order chi connectivity index (χ0) is 29.0. The molecule has 5 rings (SSSR count). The van der Waals surface area contributed by atoms with Gasteiger partial charge in [0.25, 0.3) is 0 Å². The summed E-state index contributed by atoms with van der Waals surface area (Å²) in [6.07, 6.45) is 0.0806. The van der Waals surface area contributed by atoms with E-state index in [0.29, 0.717) is 18.2 Å². The maximum Gasteiger partial charge on any atom is 0.307 e. The van der Waals surface area contributed by atoms with Gasteiger partial charge < -0.3 is 9.84 Å². The third kappa shape index (κ3) is 3.74. The van der Waals surface area contributed by atoms with Crippen LogP contribution in [0.1, 0.15) is 59.8 Å². The molecule has 0 aromatic heterocycles. The topological polar surface area (TPSA) is 80.7 Å². The van der Waals surface area contributed by atoms with Crippen molar-refractivity contribution in [3.05, 3.63) is 23.8 Å². The number of thioether (sulfide) groups is 1. The van der Waals surface area contributed by atoms with Crippen LogP contribution in [0.3, 0.4) is 0 Å². The number of fused-ring (bicyclic) bond motifs is 5. The Kier molecular flexibility index (Phi) is 6.79. The van der Waals surface area contributed by atoms with Crippen LogP contribution >= 0.6 is 35.0 Å². The van der Waals surface area contributed by atoms with Gasteiger partial charge in [-0.1, -0.05) is 26.8 Å². The number of carbonyl (C=O) groups excluding carboxylic acids is 3. The van der Waals surface area contributed by atoms with E-state index in [2.05, 4.69) is 0 Å². The number of allylic oxidation sites excluding steroid dienone is 4. The maximum absolute atomic E-state index is 17.4. The first kappa shape index (κ1) is 29.5. The standard InChI is InChI=1S/C28H33Cl2F3O5S/c1-14-7-16-17-9-19(32)18-8-15(34)5-6-24(18,3)27(17,33)20(35)10-25(16,4)28(14,22(37)39-13-31)38-21(36)11-23(2)12-26(23,29)30/h5-6,8,14,16-17,19-20,35H,7,9-13H2,1-4H3/t14-,16+,17+,19+,20+,23?,24+,25+,27+,28+/m1/s1. The van der Waals surface area contributed by atoms with Gasteiger partial charge in [-0.15, -0.1) is 23.2 Å². The van der Waals surface area contributed by atoms with E-state index in [9.17, 15) is 23.9 Å². The van der Waals surface area contributed by atoms with E-state index in [1.54, 1.807) is 20.8 Å². The predicted octanol–water partition coefficient (Wildman–Crippen LogP) is 5.99. The van der Waals surface area contributed by atoms with Crippen molar-refractivity contribution in [2.45, 2.75) is 87.7 Å². The van der Waals surface area contributed by atoms with Gasteiger partial charge in [0.15, 0.2) is 17.1 Å². The first-order valence-corrected chi connectivity index (χ1v) is 15.0. The minimum absolute atomic E-state index is 0.00693. The molecule has 0 aliphatic heterocycles. The summed E-state index contributed by atoms with van der Waals surface area (Å²) < 4.78 is 51.6. The van der Waals surface area contributed by atoms with Gasteiger partial charge in [0, 0.05) is 28.1 Å². The molecule has 0 spiro atoms. The van der Waals surface area contributed by atoms with Crippen LogP contribution in [0.4, 0.5) is 13.2 Å². The van der Waals surface area contributed by atoms with Crippen molar-refractivity contribution in [2.75, 3.05) is 6.01 Å². The molecule has 0 aromatic rings. The van der Waals surface area contributed by atoms with Crippen LogP contribution in [-0.2, 0) is 19.1 Å². The molecule has 0 aromatic carbocycles. The molecule has 4 fully saturated rings. The Morgan fingerprint density at radius 3 is 2.44 bits per heavy atom. The average Bonchev–Trinajstić information content (AvgIpc) is 3.24.